The normalized spacial score (nSPS) is 10.3. The van der Waals surface area contributed by atoms with Crippen LogP contribution in [0.4, 0.5) is 4.39 Å². The third-order valence-electron chi connectivity index (χ3n) is 1.94. The van der Waals surface area contributed by atoms with E-state index in [-0.39, 0.29) is 12.4 Å². The first-order valence-corrected chi connectivity index (χ1v) is 6.18. The van der Waals surface area contributed by atoms with Gasteiger partial charge in [-0.25, -0.2) is 4.39 Å². The minimum Gasteiger partial charge on any atom is -0.493 e. The lowest BCUT2D eigenvalue weighted by atomic mass is 10.2. The van der Waals surface area contributed by atoms with Gasteiger partial charge in [0.2, 0.25) is 0 Å². The molecule has 0 aromatic heterocycles. The molecule has 0 saturated heterocycles. The van der Waals surface area contributed by atoms with Crippen LogP contribution >= 0.6 is 11.8 Å². The first kappa shape index (κ1) is 12.3. The van der Waals surface area contributed by atoms with Gasteiger partial charge in [0.15, 0.2) is 0 Å². The molecule has 0 aliphatic carbocycles. The number of benzene rings is 1. The van der Waals surface area contributed by atoms with Crippen molar-refractivity contribution in [3.8, 4) is 5.75 Å². The molecule has 1 aromatic rings. The Balaban J connectivity index is 2.52. The molecule has 0 unspecified atom stereocenters. The van der Waals surface area contributed by atoms with Gasteiger partial charge in [0, 0.05) is 5.56 Å². The van der Waals surface area contributed by atoms with E-state index in [0.29, 0.717) is 17.9 Å². The molecular weight excluding hydrogens is 215 g/mol. The summed E-state index contributed by atoms with van der Waals surface area (Å²) < 4.78 is 18.3. The number of hydrogen-bond donors (Lipinski definition) is 1. The maximum atomic E-state index is 12.8. The van der Waals surface area contributed by atoms with Crippen LogP contribution in [-0.2, 0) is 6.61 Å². The molecule has 2 nitrogen and oxygen atoms in total. The van der Waals surface area contributed by atoms with Crippen molar-refractivity contribution in [3.05, 3.63) is 29.6 Å². The van der Waals surface area contributed by atoms with E-state index in [9.17, 15) is 4.39 Å². The largest absolute Gasteiger partial charge is 0.493 e. The standard InChI is InChI=1S/C11H15FO2S/c1-15-6-2-5-14-11-4-3-10(12)7-9(11)8-13/h3-4,7,13H,2,5-6,8H2,1H3. The molecule has 4 heteroatoms. The van der Waals surface area contributed by atoms with Gasteiger partial charge in [0.1, 0.15) is 11.6 Å². The van der Waals surface area contributed by atoms with E-state index in [1.54, 1.807) is 17.8 Å². The molecule has 0 saturated carbocycles. The van der Waals surface area contributed by atoms with Crippen molar-refractivity contribution in [2.75, 3.05) is 18.6 Å². The van der Waals surface area contributed by atoms with Crippen LogP contribution in [0.2, 0.25) is 0 Å². The van der Waals surface area contributed by atoms with Crippen molar-refractivity contribution in [2.45, 2.75) is 13.0 Å². The average molecular weight is 230 g/mol. The van der Waals surface area contributed by atoms with Crippen molar-refractivity contribution in [1.82, 2.24) is 0 Å². The summed E-state index contributed by atoms with van der Waals surface area (Å²) in [6.45, 7) is 0.398. The van der Waals surface area contributed by atoms with Gasteiger partial charge in [-0.15, -0.1) is 0 Å². The van der Waals surface area contributed by atoms with Crippen molar-refractivity contribution in [1.29, 1.82) is 0 Å². The molecule has 0 bridgehead atoms. The summed E-state index contributed by atoms with van der Waals surface area (Å²) in [5.41, 5.74) is 0.499. The number of thioether (sulfide) groups is 1. The fraction of sp³-hybridized carbons (Fsp3) is 0.455. The van der Waals surface area contributed by atoms with Crippen LogP contribution in [-0.4, -0.2) is 23.7 Å². The van der Waals surface area contributed by atoms with Crippen LogP contribution in [0.25, 0.3) is 0 Å². The van der Waals surface area contributed by atoms with Crippen LogP contribution in [0.5, 0.6) is 5.75 Å². The molecule has 0 amide bonds. The predicted octanol–water partition coefficient (Wildman–Crippen LogP) is 2.45. The third-order valence-corrected chi connectivity index (χ3v) is 2.64. The Morgan fingerprint density at radius 2 is 2.27 bits per heavy atom. The number of aliphatic hydroxyl groups excluding tert-OH is 1. The molecule has 0 aliphatic rings. The molecule has 0 heterocycles. The SMILES string of the molecule is CSCCCOc1ccc(F)cc1CO. The second-order valence-electron chi connectivity index (χ2n) is 3.10. The van der Waals surface area contributed by atoms with Crippen LogP contribution in [0.15, 0.2) is 18.2 Å². The van der Waals surface area contributed by atoms with E-state index >= 15 is 0 Å². The lowest BCUT2D eigenvalue weighted by Gasteiger charge is -2.09. The Bertz CT molecular complexity index is 305. The van der Waals surface area contributed by atoms with Gasteiger partial charge in [-0.3, -0.25) is 0 Å². The third kappa shape index (κ3) is 4.10. The van der Waals surface area contributed by atoms with Gasteiger partial charge in [0.05, 0.1) is 13.2 Å². The Labute approximate surface area is 93.5 Å². The predicted molar refractivity (Wildman–Crippen MR) is 60.8 cm³/mol. The first-order valence-electron chi connectivity index (χ1n) is 4.79. The van der Waals surface area contributed by atoms with Crippen LogP contribution < -0.4 is 4.74 Å². The summed E-state index contributed by atoms with van der Waals surface area (Å²) >= 11 is 1.76. The van der Waals surface area contributed by atoms with Crippen LogP contribution in [0.3, 0.4) is 0 Å². The summed E-state index contributed by atoms with van der Waals surface area (Å²) in [5, 5.41) is 8.99. The Kier molecular flexibility index (Phi) is 5.50. The Morgan fingerprint density at radius 3 is 2.93 bits per heavy atom. The zero-order chi connectivity index (χ0) is 11.1. The molecule has 0 radical (unpaired) electrons. The highest BCUT2D eigenvalue weighted by molar-refractivity contribution is 7.98. The molecule has 0 fully saturated rings. The molecule has 1 rings (SSSR count). The quantitative estimate of drug-likeness (QED) is 0.761. The van der Waals surface area contributed by atoms with Crippen molar-refractivity contribution in [3.63, 3.8) is 0 Å². The van der Waals surface area contributed by atoms with Gasteiger partial charge in [-0.05, 0) is 36.6 Å². The van der Waals surface area contributed by atoms with Crippen molar-refractivity contribution >= 4 is 11.8 Å². The van der Waals surface area contributed by atoms with Crippen LogP contribution in [0.1, 0.15) is 12.0 Å². The lowest BCUT2D eigenvalue weighted by Crippen LogP contribution is -2.01. The van der Waals surface area contributed by atoms with E-state index in [1.165, 1.54) is 12.1 Å². The number of hydrogen-bond acceptors (Lipinski definition) is 3. The van der Waals surface area contributed by atoms with E-state index in [2.05, 4.69) is 0 Å². The maximum Gasteiger partial charge on any atom is 0.125 e. The molecular formula is C11H15FO2S. The van der Waals surface area contributed by atoms with Gasteiger partial charge in [0.25, 0.3) is 0 Å². The summed E-state index contributed by atoms with van der Waals surface area (Å²) in [7, 11) is 0. The summed E-state index contributed by atoms with van der Waals surface area (Å²) in [6.07, 6.45) is 2.99. The molecule has 84 valence electrons. The minimum absolute atomic E-state index is 0.199. The summed E-state index contributed by atoms with van der Waals surface area (Å²) in [5.74, 6) is 1.26. The summed E-state index contributed by atoms with van der Waals surface area (Å²) in [4.78, 5) is 0. The fourth-order valence-corrected chi connectivity index (χ4v) is 1.60. The molecule has 1 aromatic carbocycles. The van der Waals surface area contributed by atoms with Gasteiger partial charge >= 0.3 is 0 Å². The van der Waals surface area contributed by atoms with Gasteiger partial charge in [-0.2, -0.15) is 11.8 Å². The second-order valence-corrected chi connectivity index (χ2v) is 4.09. The highest BCUT2D eigenvalue weighted by atomic mass is 32.2. The molecule has 0 spiro atoms. The fourth-order valence-electron chi connectivity index (χ4n) is 1.20. The minimum atomic E-state index is -0.351. The maximum absolute atomic E-state index is 12.8. The summed E-state index contributed by atoms with van der Waals surface area (Å²) in [6, 6.07) is 4.19. The van der Waals surface area contributed by atoms with E-state index in [1.807, 2.05) is 6.26 Å². The first-order chi connectivity index (χ1) is 7.27. The van der Waals surface area contributed by atoms with Crippen molar-refractivity contribution in [2.24, 2.45) is 0 Å². The van der Waals surface area contributed by atoms with E-state index in [0.717, 1.165) is 12.2 Å². The zero-order valence-corrected chi connectivity index (χ0v) is 9.52. The zero-order valence-electron chi connectivity index (χ0n) is 8.70. The highest BCUT2D eigenvalue weighted by Gasteiger charge is 2.03. The smallest absolute Gasteiger partial charge is 0.125 e. The van der Waals surface area contributed by atoms with Gasteiger partial charge in [-0.1, -0.05) is 0 Å². The van der Waals surface area contributed by atoms with Gasteiger partial charge < -0.3 is 9.84 Å². The second kappa shape index (κ2) is 6.69. The topological polar surface area (TPSA) is 29.5 Å². The number of ether oxygens (including phenoxy) is 1. The number of rotatable bonds is 6. The number of halogens is 1. The number of aliphatic hydroxyl groups is 1. The molecule has 15 heavy (non-hydrogen) atoms. The Morgan fingerprint density at radius 1 is 1.47 bits per heavy atom. The lowest BCUT2D eigenvalue weighted by molar-refractivity contribution is 0.262. The molecule has 1 N–H and O–H groups in total. The van der Waals surface area contributed by atoms with Crippen LogP contribution in [0, 0.1) is 5.82 Å². The van der Waals surface area contributed by atoms with E-state index in [4.69, 9.17) is 9.84 Å². The molecule has 0 aliphatic heterocycles. The Hall–Kier alpha value is -0.740. The molecule has 0 atom stereocenters. The van der Waals surface area contributed by atoms with E-state index < -0.39 is 0 Å². The average Bonchev–Trinajstić information content (AvgIpc) is 2.26. The van der Waals surface area contributed by atoms with Crippen molar-refractivity contribution < 1.29 is 14.2 Å². The monoisotopic (exact) mass is 230 g/mol. The highest BCUT2D eigenvalue weighted by Crippen LogP contribution is 2.19.